The summed E-state index contributed by atoms with van der Waals surface area (Å²) in [5.74, 6) is -0.359. The fourth-order valence-electron chi connectivity index (χ4n) is 2.22. The Balaban J connectivity index is 1.89. The van der Waals surface area contributed by atoms with Gasteiger partial charge in [-0.05, 0) is 31.0 Å². The Kier molecular flexibility index (Phi) is 4.01. The maximum Gasteiger partial charge on any atom is 0.314 e. The Bertz CT molecular complexity index is 1020. The number of carbonyl (C=O) groups excluding carboxylic acids is 1. The summed E-state index contributed by atoms with van der Waals surface area (Å²) >= 11 is 0. The summed E-state index contributed by atoms with van der Waals surface area (Å²) in [5, 5.41) is 2.72. The maximum absolute atomic E-state index is 12.5. The molecule has 1 saturated carbocycles. The SMILES string of the molecule is CN(CC(=O)NC1CC1)S(=O)(=O)c1ccc2[nH]c(=O)c(=O)[nH]c2c1. The molecule has 1 aromatic heterocycles. The molecule has 128 valence electrons. The van der Waals surface area contributed by atoms with Crippen LogP contribution in [0.25, 0.3) is 11.0 Å². The highest BCUT2D eigenvalue weighted by atomic mass is 32.2. The standard InChI is InChI=1S/C14H16N4O5S/c1-18(7-12(19)15-8-2-3-8)24(22,23)9-4-5-10-11(6-9)17-14(21)13(20)16-10/h4-6,8H,2-3,7H2,1H3,(H,15,19)(H,16,20)(H,17,21). The Morgan fingerprint density at radius 3 is 2.46 bits per heavy atom. The number of rotatable bonds is 5. The number of nitrogens with zero attached hydrogens (tertiary/aromatic N) is 1. The van der Waals surface area contributed by atoms with Gasteiger partial charge in [0.15, 0.2) is 0 Å². The third-order valence-electron chi connectivity index (χ3n) is 3.71. The minimum atomic E-state index is -3.91. The van der Waals surface area contributed by atoms with Gasteiger partial charge in [-0.15, -0.1) is 0 Å². The number of amides is 1. The summed E-state index contributed by atoms with van der Waals surface area (Å²) in [6.07, 6.45) is 1.83. The Labute approximate surface area is 136 Å². The molecular formula is C14H16N4O5S. The average molecular weight is 352 g/mol. The minimum Gasteiger partial charge on any atom is -0.352 e. The summed E-state index contributed by atoms with van der Waals surface area (Å²) in [5.41, 5.74) is -1.18. The molecular weight excluding hydrogens is 336 g/mol. The summed E-state index contributed by atoms with van der Waals surface area (Å²) in [4.78, 5) is 39.0. The molecule has 3 N–H and O–H groups in total. The van der Waals surface area contributed by atoms with Crippen LogP contribution in [0.3, 0.4) is 0 Å². The topological polar surface area (TPSA) is 132 Å². The first-order valence-electron chi connectivity index (χ1n) is 7.29. The van der Waals surface area contributed by atoms with Gasteiger partial charge in [0.25, 0.3) is 0 Å². The van der Waals surface area contributed by atoms with E-state index in [2.05, 4.69) is 15.3 Å². The number of aromatic amines is 2. The first kappa shape index (κ1) is 16.4. The van der Waals surface area contributed by atoms with Crippen molar-refractivity contribution in [1.82, 2.24) is 19.6 Å². The number of carbonyl (C=O) groups is 1. The van der Waals surface area contributed by atoms with Crippen molar-refractivity contribution in [2.45, 2.75) is 23.8 Å². The first-order valence-corrected chi connectivity index (χ1v) is 8.73. The van der Waals surface area contributed by atoms with E-state index in [-0.39, 0.29) is 28.9 Å². The molecule has 0 bridgehead atoms. The van der Waals surface area contributed by atoms with Gasteiger partial charge in [-0.3, -0.25) is 14.4 Å². The molecule has 10 heteroatoms. The van der Waals surface area contributed by atoms with Gasteiger partial charge in [-0.2, -0.15) is 4.31 Å². The number of benzene rings is 1. The van der Waals surface area contributed by atoms with E-state index in [9.17, 15) is 22.8 Å². The quantitative estimate of drug-likeness (QED) is 0.601. The molecule has 1 heterocycles. The molecule has 0 unspecified atom stereocenters. The fraction of sp³-hybridized carbons (Fsp3) is 0.357. The monoisotopic (exact) mass is 352 g/mol. The molecule has 0 radical (unpaired) electrons. The lowest BCUT2D eigenvalue weighted by atomic mass is 10.3. The molecule has 1 fully saturated rings. The fourth-order valence-corrected chi connectivity index (χ4v) is 3.38. The number of H-pyrrole nitrogens is 2. The zero-order valence-electron chi connectivity index (χ0n) is 12.8. The van der Waals surface area contributed by atoms with Crippen LogP contribution in [0.5, 0.6) is 0 Å². The number of hydrogen-bond donors (Lipinski definition) is 3. The van der Waals surface area contributed by atoms with E-state index in [0.29, 0.717) is 5.52 Å². The van der Waals surface area contributed by atoms with Crippen LogP contribution in [0, 0.1) is 0 Å². The molecule has 1 amide bonds. The van der Waals surface area contributed by atoms with Crippen molar-refractivity contribution >= 4 is 27.0 Å². The molecule has 0 spiro atoms. The highest BCUT2D eigenvalue weighted by molar-refractivity contribution is 7.89. The second-order valence-corrected chi connectivity index (χ2v) is 7.76. The van der Waals surface area contributed by atoms with E-state index in [0.717, 1.165) is 17.1 Å². The van der Waals surface area contributed by atoms with Gasteiger partial charge < -0.3 is 15.3 Å². The van der Waals surface area contributed by atoms with E-state index in [1.807, 2.05) is 0 Å². The second kappa shape index (κ2) is 5.87. The molecule has 0 aliphatic heterocycles. The van der Waals surface area contributed by atoms with Gasteiger partial charge >= 0.3 is 11.1 Å². The molecule has 3 rings (SSSR count). The van der Waals surface area contributed by atoms with Crippen molar-refractivity contribution in [3.8, 4) is 0 Å². The zero-order valence-corrected chi connectivity index (χ0v) is 13.6. The lowest BCUT2D eigenvalue weighted by Crippen LogP contribution is -2.39. The van der Waals surface area contributed by atoms with Gasteiger partial charge in [0.05, 0.1) is 22.5 Å². The van der Waals surface area contributed by atoms with Crippen LogP contribution in [-0.2, 0) is 14.8 Å². The van der Waals surface area contributed by atoms with Crippen molar-refractivity contribution in [2.75, 3.05) is 13.6 Å². The number of likely N-dealkylation sites (N-methyl/N-ethyl adjacent to an activating group) is 1. The molecule has 0 saturated heterocycles. The zero-order chi connectivity index (χ0) is 17.5. The number of hydrogen-bond acceptors (Lipinski definition) is 5. The number of aromatic nitrogens is 2. The molecule has 1 aliphatic rings. The van der Waals surface area contributed by atoms with E-state index in [1.165, 1.54) is 25.2 Å². The predicted molar refractivity (Wildman–Crippen MR) is 86.2 cm³/mol. The van der Waals surface area contributed by atoms with E-state index in [1.54, 1.807) is 0 Å². The van der Waals surface area contributed by atoms with Crippen LogP contribution in [0.4, 0.5) is 0 Å². The van der Waals surface area contributed by atoms with Gasteiger partial charge in [-0.1, -0.05) is 0 Å². The third kappa shape index (κ3) is 3.24. The lowest BCUT2D eigenvalue weighted by Gasteiger charge is -2.17. The van der Waals surface area contributed by atoms with Gasteiger partial charge in [0.1, 0.15) is 0 Å². The minimum absolute atomic E-state index is 0.0839. The smallest absolute Gasteiger partial charge is 0.314 e. The van der Waals surface area contributed by atoms with Crippen molar-refractivity contribution in [1.29, 1.82) is 0 Å². The summed E-state index contributed by atoms with van der Waals surface area (Å²) in [6, 6.07) is 4.09. The van der Waals surface area contributed by atoms with Crippen LogP contribution < -0.4 is 16.4 Å². The van der Waals surface area contributed by atoms with Gasteiger partial charge in [0, 0.05) is 13.1 Å². The van der Waals surface area contributed by atoms with Crippen molar-refractivity contribution in [3.63, 3.8) is 0 Å². The highest BCUT2D eigenvalue weighted by Gasteiger charge is 2.27. The van der Waals surface area contributed by atoms with Crippen LogP contribution in [0.2, 0.25) is 0 Å². The van der Waals surface area contributed by atoms with Crippen LogP contribution >= 0.6 is 0 Å². The van der Waals surface area contributed by atoms with Crippen LogP contribution in [0.15, 0.2) is 32.7 Å². The average Bonchev–Trinajstić information content (AvgIpc) is 3.31. The van der Waals surface area contributed by atoms with E-state index >= 15 is 0 Å². The van der Waals surface area contributed by atoms with Gasteiger partial charge in [0.2, 0.25) is 15.9 Å². The summed E-state index contributed by atoms with van der Waals surface area (Å²) < 4.78 is 26.0. The van der Waals surface area contributed by atoms with Crippen molar-refractivity contribution < 1.29 is 13.2 Å². The highest BCUT2D eigenvalue weighted by Crippen LogP contribution is 2.20. The van der Waals surface area contributed by atoms with Crippen LogP contribution in [0.1, 0.15) is 12.8 Å². The number of nitrogens with one attached hydrogen (secondary N) is 3. The van der Waals surface area contributed by atoms with E-state index < -0.39 is 21.1 Å². The number of sulfonamides is 1. The summed E-state index contributed by atoms with van der Waals surface area (Å²) in [6.45, 7) is -0.293. The van der Waals surface area contributed by atoms with Crippen LogP contribution in [-0.4, -0.2) is 48.2 Å². The molecule has 1 aromatic carbocycles. The Morgan fingerprint density at radius 2 is 1.83 bits per heavy atom. The maximum atomic E-state index is 12.5. The predicted octanol–water partition coefficient (Wildman–Crippen LogP) is -0.884. The molecule has 9 nitrogen and oxygen atoms in total. The van der Waals surface area contributed by atoms with Crippen molar-refractivity contribution in [3.05, 3.63) is 38.9 Å². The lowest BCUT2D eigenvalue weighted by molar-refractivity contribution is -0.121. The molecule has 24 heavy (non-hydrogen) atoms. The largest absolute Gasteiger partial charge is 0.352 e. The van der Waals surface area contributed by atoms with Gasteiger partial charge in [-0.25, -0.2) is 8.42 Å². The number of fused-ring (bicyclic) bond motifs is 1. The molecule has 1 aliphatic carbocycles. The summed E-state index contributed by atoms with van der Waals surface area (Å²) in [7, 11) is -2.60. The third-order valence-corrected chi connectivity index (χ3v) is 5.51. The molecule has 0 atom stereocenters. The molecule has 2 aromatic rings. The second-order valence-electron chi connectivity index (χ2n) is 5.72. The van der Waals surface area contributed by atoms with E-state index in [4.69, 9.17) is 0 Å². The Hall–Kier alpha value is -2.46. The normalized spacial score (nSPS) is 14.9. The first-order chi connectivity index (χ1) is 11.3. The Morgan fingerprint density at radius 1 is 1.21 bits per heavy atom. The van der Waals surface area contributed by atoms with Crippen molar-refractivity contribution in [2.24, 2.45) is 0 Å².